The van der Waals surface area contributed by atoms with E-state index in [1.165, 1.54) is 0 Å². The number of fused-ring (bicyclic) bond motifs is 1. The summed E-state index contributed by atoms with van der Waals surface area (Å²) in [7, 11) is 0. The molecular formula is C23H25N3O5. The number of benzene rings is 3. The van der Waals surface area contributed by atoms with Crippen molar-refractivity contribution < 1.29 is 24.2 Å². The SMILES string of the molecule is CC(C)(C)OC(=O)CNc1cc(Oc2ccc3cccc(NC(=O)O)c3c2)ccc1N. The van der Waals surface area contributed by atoms with E-state index in [0.717, 1.165) is 5.39 Å². The minimum atomic E-state index is -1.14. The van der Waals surface area contributed by atoms with Crippen LogP contribution in [0.1, 0.15) is 20.8 Å². The number of carbonyl (C=O) groups excluding carboxylic acids is 1. The van der Waals surface area contributed by atoms with Gasteiger partial charge in [-0.3, -0.25) is 10.1 Å². The summed E-state index contributed by atoms with van der Waals surface area (Å²) >= 11 is 0. The first-order valence-corrected chi connectivity index (χ1v) is 9.66. The molecule has 0 spiro atoms. The van der Waals surface area contributed by atoms with Crippen molar-refractivity contribution in [2.24, 2.45) is 0 Å². The van der Waals surface area contributed by atoms with E-state index in [2.05, 4.69) is 10.6 Å². The van der Waals surface area contributed by atoms with Crippen LogP contribution in [0.3, 0.4) is 0 Å². The molecule has 8 nitrogen and oxygen atoms in total. The molecule has 162 valence electrons. The number of carbonyl (C=O) groups is 2. The molecule has 0 heterocycles. The zero-order valence-electron chi connectivity index (χ0n) is 17.6. The van der Waals surface area contributed by atoms with Crippen LogP contribution in [-0.4, -0.2) is 29.3 Å². The highest BCUT2D eigenvalue weighted by Gasteiger charge is 2.16. The molecule has 0 saturated heterocycles. The van der Waals surface area contributed by atoms with Crippen molar-refractivity contribution in [1.29, 1.82) is 0 Å². The Hall–Kier alpha value is -3.94. The Labute approximate surface area is 180 Å². The van der Waals surface area contributed by atoms with Crippen molar-refractivity contribution in [2.75, 3.05) is 22.9 Å². The lowest BCUT2D eigenvalue weighted by molar-refractivity contribution is -0.152. The number of esters is 1. The zero-order valence-corrected chi connectivity index (χ0v) is 17.6. The van der Waals surface area contributed by atoms with Crippen molar-refractivity contribution in [3.63, 3.8) is 0 Å². The molecule has 3 rings (SSSR count). The number of ether oxygens (including phenoxy) is 2. The molecule has 0 atom stereocenters. The molecule has 3 aromatic carbocycles. The standard InChI is InChI=1S/C23H25N3O5/c1-23(2,3)31-21(27)13-25-20-12-16(9-10-18(20)24)30-15-8-7-14-5-4-6-19(17(14)11-15)26-22(28)29/h4-12,25-26H,13,24H2,1-3H3,(H,28,29). The van der Waals surface area contributed by atoms with Crippen LogP contribution < -0.4 is 21.1 Å². The number of amides is 1. The fraction of sp³-hybridized carbons (Fsp3) is 0.217. The number of hydrogen-bond acceptors (Lipinski definition) is 6. The monoisotopic (exact) mass is 423 g/mol. The van der Waals surface area contributed by atoms with Gasteiger partial charge in [-0.2, -0.15) is 0 Å². The number of rotatable bonds is 6. The third kappa shape index (κ3) is 6.02. The lowest BCUT2D eigenvalue weighted by Gasteiger charge is -2.20. The summed E-state index contributed by atoms with van der Waals surface area (Å²) in [6, 6.07) is 15.8. The number of anilines is 3. The summed E-state index contributed by atoms with van der Waals surface area (Å²) in [6.45, 7) is 5.36. The summed E-state index contributed by atoms with van der Waals surface area (Å²) < 4.78 is 11.2. The van der Waals surface area contributed by atoms with Crippen molar-refractivity contribution in [2.45, 2.75) is 26.4 Å². The van der Waals surface area contributed by atoms with Crippen molar-refractivity contribution in [3.8, 4) is 11.5 Å². The van der Waals surface area contributed by atoms with Gasteiger partial charge in [0.2, 0.25) is 0 Å². The van der Waals surface area contributed by atoms with Gasteiger partial charge in [-0.25, -0.2) is 4.79 Å². The molecule has 5 N–H and O–H groups in total. The molecule has 0 bridgehead atoms. The molecule has 0 aliphatic heterocycles. The summed E-state index contributed by atoms with van der Waals surface area (Å²) in [6.07, 6.45) is -1.14. The van der Waals surface area contributed by atoms with E-state index in [0.29, 0.717) is 33.9 Å². The normalized spacial score (nSPS) is 11.1. The van der Waals surface area contributed by atoms with Crippen LogP contribution in [0.25, 0.3) is 10.8 Å². The van der Waals surface area contributed by atoms with Crippen LogP contribution in [0.15, 0.2) is 54.6 Å². The van der Waals surface area contributed by atoms with Gasteiger partial charge >= 0.3 is 12.1 Å². The summed E-state index contributed by atoms with van der Waals surface area (Å²) in [5, 5.41) is 16.0. The van der Waals surface area contributed by atoms with Crippen molar-refractivity contribution in [3.05, 3.63) is 54.6 Å². The largest absolute Gasteiger partial charge is 0.465 e. The lowest BCUT2D eigenvalue weighted by atomic mass is 10.1. The number of nitrogens with one attached hydrogen (secondary N) is 2. The first-order chi connectivity index (χ1) is 14.6. The van der Waals surface area contributed by atoms with E-state index >= 15 is 0 Å². The molecule has 0 saturated carbocycles. The second-order valence-electron chi connectivity index (χ2n) is 7.91. The fourth-order valence-electron chi connectivity index (χ4n) is 2.97. The molecular weight excluding hydrogens is 398 g/mol. The van der Waals surface area contributed by atoms with Crippen LogP contribution in [0.4, 0.5) is 21.9 Å². The van der Waals surface area contributed by atoms with Crippen LogP contribution in [0.2, 0.25) is 0 Å². The highest BCUT2D eigenvalue weighted by atomic mass is 16.6. The van der Waals surface area contributed by atoms with Gasteiger partial charge in [0, 0.05) is 11.5 Å². The Bertz CT molecular complexity index is 1120. The Morgan fingerprint density at radius 3 is 2.42 bits per heavy atom. The average molecular weight is 423 g/mol. The third-order valence-electron chi connectivity index (χ3n) is 4.20. The minimum absolute atomic E-state index is 0.0366. The highest BCUT2D eigenvalue weighted by molar-refractivity contribution is 6.00. The van der Waals surface area contributed by atoms with Gasteiger partial charge in [0.15, 0.2) is 0 Å². The molecule has 8 heteroatoms. The quantitative estimate of drug-likeness (QED) is 0.323. The molecule has 0 aromatic heterocycles. The molecule has 0 aliphatic carbocycles. The van der Waals surface area contributed by atoms with Crippen LogP contribution in [-0.2, 0) is 9.53 Å². The van der Waals surface area contributed by atoms with Gasteiger partial charge in [0.25, 0.3) is 0 Å². The second kappa shape index (κ2) is 8.83. The lowest BCUT2D eigenvalue weighted by Crippen LogP contribution is -2.28. The zero-order chi connectivity index (χ0) is 22.6. The second-order valence-corrected chi connectivity index (χ2v) is 7.91. The number of nitrogen functional groups attached to an aromatic ring is 1. The van der Waals surface area contributed by atoms with E-state index < -0.39 is 17.7 Å². The van der Waals surface area contributed by atoms with Gasteiger partial charge < -0.3 is 25.6 Å². The van der Waals surface area contributed by atoms with Crippen molar-refractivity contribution in [1.82, 2.24) is 0 Å². The highest BCUT2D eigenvalue weighted by Crippen LogP contribution is 2.32. The molecule has 0 fully saturated rings. The Balaban J connectivity index is 1.78. The van der Waals surface area contributed by atoms with Gasteiger partial charge in [-0.05, 0) is 56.5 Å². The Morgan fingerprint density at radius 1 is 1.00 bits per heavy atom. The maximum Gasteiger partial charge on any atom is 0.409 e. The maximum atomic E-state index is 11.9. The predicted molar refractivity (Wildman–Crippen MR) is 121 cm³/mol. The Morgan fingerprint density at radius 2 is 1.71 bits per heavy atom. The van der Waals surface area contributed by atoms with E-state index in [4.69, 9.17) is 20.3 Å². The summed E-state index contributed by atoms with van der Waals surface area (Å²) in [5.74, 6) is 0.630. The van der Waals surface area contributed by atoms with Crippen molar-refractivity contribution >= 4 is 39.9 Å². The first-order valence-electron chi connectivity index (χ1n) is 9.66. The smallest absolute Gasteiger partial charge is 0.409 e. The topological polar surface area (TPSA) is 123 Å². The molecule has 0 radical (unpaired) electrons. The molecule has 0 aliphatic rings. The van der Waals surface area contributed by atoms with E-state index in [-0.39, 0.29) is 6.54 Å². The molecule has 1 amide bonds. The number of nitrogens with two attached hydrogens (primary N) is 1. The first kappa shape index (κ1) is 21.8. The van der Waals surface area contributed by atoms with Gasteiger partial charge in [-0.1, -0.05) is 18.2 Å². The van der Waals surface area contributed by atoms with Gasteiger partial charge in [0.05, 0.1) is 17.1 Å². The number of carboxylic acid groups (broad SMARTS) is 1. The molecule has 3 aromatic rings. The summed E-state index contributed by atoms with van der Waals surface area (Å²) in [4.78, 5) is 23.0. The molecule has 0 unspecified atom stereocenters. The van der Waals surface area contributed by atoms with Crippen LogP contribution in [0.5, 0.6) is 11.5 Å². The van der Waals surface area contributed by atoms with E-state index in [9.17, 15) is 9.59 Å². The van der Waals surface area contributed by atoms with Crippen LogP contribution >= 0.6 is 0 Å². The van der Waals surface area contributed by atoms with E-state index in [1.807, 2.05) is 12.1 Å². The molecule has 31 heavy (non-hydrogen) atoms. The van der Waals surface area contributed by atoms with Gasteiger partial charge in [0.1, 0.15) is 23.6 Å². The predicted octanol–water partition coefficient (Wildman–Crippen LogP) is 5.06. The fourth-order valence-corrected chi connectivity index (χ4v) is 2.97. The average Bonchev–Trinajstić information content (AvgIpc) is 2.67. The van der Waals surface area contributed by atoms with Gasteiger partial charge in [-0.15, -0.1) is 0 Å². The third-order valence-corrected chi connectivity index (χ3v) is 4.20. The minimum Gasteiger partial charge on any atom is -0.465 e. The van der Waals surface area contributed by atoms with Crippen LogP contribution in [0, 0.1) is 0 Å². The summed E-state index contributed by atoms with van der Waals surface area (Å²) in [5.41, 5.74) is 6.90. The Kier molecular flexibility index (Phi) is 6.20. The van der Waals surface area contributed by atoms with E-state index in [1.54, 1.807) is 63.2 Å². The maximum absolute atomic E-state index is 11.9. The number of hydrogen-bond donors (Lipinski definition) is 4.